The number of benzene rings is 2. The van der Waals surface area contributed by atoms with Crippen LogP contribution in [-0.4, -0.2) is 4.98 Å². The molecule has 0 atom stereocenters. The van der Waals surface area contributed by atoms with Gasteiger partial charge in [-0.3, -0.25) is 4.79 Å². The van der Waals surface area contributed by atoms with Gasteiger partial charge in [-0.15, -0.1) is 11.3 Å². The molecular weight excluding hydrogens is 338 g/mol. The third kappa shape index (κ3) is 2.80. The van der Waals surface area contributed by atoms with Crippen molar-refractivity contribution >= 4 is 27.8 Å². The summed E-state index contributed by atoms with van der Waals surface area (Å²) in [5.74, 6) is 0. The Hall–Kier alpha value is -2.91. The van der Waals surface area contributed by atoms with Gasteiger partial charge < -0.3 is 4.98 Å². The van der Waals surface area contributed by atoms with Gasteiger partial charge in [-0.25, -0.2) is 0 Å². The van der Waals surface area contributed by atoms with Crippen LogP contribution in [0.5, 0.6) is 0 Å². The number of fused-ring (bicyclic) bond motifs is 1. The van der Waals surface area contributed by atoms with E-state index in [1.807, 2.05) is 53.9 Å². The first-order valence-corrected chi connectivity index (χ1v) is 9.47. The van der Waals surface area contributed by atoms with Crippen LogP contribution in [-0.2, 0) is 0 Å². The lowest BCUT2D eigenvalue weighted by Crippen LogP contribution is -2.13. The van der Waals surface area contributed by atoms with Gasteiger partial charge in [0.2, 0.25) is 0 Å². The predicted molar refractivity (Wildman–Crippen MR) is 112 cm³/mol. The third-order valence-corrected chi connectivity index (χ3v) is 5.38. The molecule has 0 amide bonds. The van der Waals surface area contributed by atoms with Crippen molar-refractivity contribution in [3.8, 4) is 10.6 Å². The second kappa shape index (κ2) is 6.77. The highest BCUT2D eigenvalue weighted by Gasteiger charge is 2.20. The van der Waals surface area contributed by atoms with Crippen LogP contribution >= 0.6 is 11.3 Å². The number of para-hydroxylation sites is 1. The van der Waals surface area contributed by atoms with E-state index in [0.29, 0.717) is 0 Å². The topological polar surface area (TPSA) is 32.9 Å². The van der Waals surface area contributed by atoms with Crippen LogP contribution in [0.15, 0.2) is 82.5 Å². The molecule has 2 heterocycles. The van der Waals surface area contributed by atoms with Crippen molar-refractivity contribution in [2.24, 2.45) is 0 Å². The molecule has 0 radical (unpaired) electrons. The van der Waals surface area contributed by atoms with Gasteiger partial charge in [0.15, 0.2) is 5.43 Å². The van der Waals surface area contributed by atoms with E-state index in [2.05, 4.69) is 37.0 Å². The zero-order chi connectivity index (χ0) is 18.1. The molecule has 0 spiro atoms. The summed E-state index contributed by atoms with van der Waals surface area (Å²) in [5, 5.41) is 2.76. The maximum Gasteiger partial charge on any atom is 0.197 e. The number of allylic oxidation sites excluding steroid dienone is 1. The van der Waals surface area contributed by atoms with E-state index in [4.69, 9.17) is 0 Å². The SMILES string of the molecule is CC(C)=C(c1ccccc1)c1c(-c2cccs2)[nH]c2ccccc2c1=O. The van der Waals surface area contributed by atoms with Crippen LogP contribution in [0.1, 0.15) is 25.0 Å². The van der Waals surface area contributed by atoms with Gasteiger partial charge in [-0.1, -0.05) is 54.1 Å². The van der Waals surface area contributed by atoms with Crippen molar-refractivity contribution in [3.05, 3.63) is 99.0 Å². The molecule has 4 rings (SSSR count). The summed E-state index contributed by atoms with van der Waals surface area (Å²) < 4.78 is 0. The molecule has 128 valence electrons. The number of hydrogen-bond acceptors (Lipinski definition) is 2. The van der Waals surface area contributed by atoms with Gasteiger partial charge in [0.1, 0.15) is 0 Å². The number of pyridine rings is 1. The van der Waals surface area contributed by atoms with Gasteiger partial charge in [0.05, 0.1) is 16.1 Å². The summed E-state index contributed by atoms with van der Waals surface area (Å²) in [6.45, 7) is 4.13. The van der Waals surface area contributed by atoms with Crippen molar-refractivity contribution in [3.63, 3.8) is 0 Å². The van der Waals surface area contributed by atoms with E-state index in [-0.39, 0.29) is 5.43 Å². The largest absolute Gasteiger partial charge is 0.353 e. The quantitative estimate of drug-likeness (QED) is 0.472. The Bertz CT molecular complexity index is 1150. The van der Waals surface area contributed by atoms with Crippen molar-refractivity contribution in [2.75, 3.05) is 0 Å². The first kappa shape index (κ1) is 16.6. The molecule has 4 aromatic rings. The van der Waals surface area contributed by atoms with Crippen molar-refractivity contribution in [2.45, 2.75) is 13.8 Å². The molecule has 2 aromatic heterocycles. The maximum atomic E-state index is 13.5. The number of aromatic nitrogens is 1. The summed E-state index contributed by atoms with van der Waals surface area (Å²) in [6, 6.07) is 21.9. The molecule has 2 aromatic carbocycles. The summed E-state index contributed by atoms with van der Waals surface area (Å²) >= 11 is 1.64. The van der Waals surface area contributed by atoms with E-state index in [1.165, 1.54) is 0 Å². The second-order valence-corrected chi connectivity index (χ2v) is 7.42. The highest BCUT2D eigenvalue weighted by atomic mass is 32.1. The third-order valence-electron chi connectivity index (χ3n) is 4.49. The van der Waals surface area contributed by atoms with Crippen LogP contribution in [0.4, 0.5) is 0 Å². The summed E-state index contributed by atoms with van der Waals surface area (Å²) in [7, 11) is 0. The number of H-pyrrole nitrogens is 1. The van der Waals surface area contributed by atoms with Crippen LogP contribution in [0.3, 0.4) is 0 Å². The molecule has 0 aliphatic carbocycles. The monoisotopic (exact) mass is 357 g/mol. The van der Waals surface area contributed by atoms with Gasteiger partial charge in [0, 0.05) is 10.9 Å². The maximum absolute atomic E-state index is 13.5. The van der Waals surface area contributed by atoms with E-state index in [0.717, 1.165) is 43.7 Å². The van der Waals surface area contributed by atoms with E-state index >= 15 is 0 Å². The summed E-state index contributed by atoms with van der Waals surface area (Å²) in [6.07, 6.45) is 0. The van der Waals surface area contributed by atoms with Gasteiger partial charge >= 0.3 is 0 Å². The molecule has 26 heavy (non-hydrogen) atoms. The fraction of sp³-hybridized carbons (Fsp3) is 0.0870. The standard InChI is InChI=1S/C23H19NOS/c1-15(2)20(16-9-4-3-5-10-16)21-22(19-13-8-14-26-19)24-18-12-7-6-11-17(18)23(21)25/h3-14H,1-2H3,(H,24,25). The smallest absolute Gasteiger partial charge is 0.197 e. The minimum atomic E-state index is 0.0720. The van der Waals surface area contributed by atoms with Crippen molar-refractivity contribution in [1.29, 1.82) is 0 Å². The first-order valence-electron chi connectivity index (χ1n) is 8.59. The molecule has 3 heteroatoms. The average molecular weight is 357 g/mol. The molecule has 2 nitrogen and oxygen atoms in total. The Labute approximate surface area is 156 Å². The van der Waals surface area contributed by atoms with Gasteiger partial charge in [0.25, 0.3) is 0 Å². The molecule has 0 aliphatic heterocycles. The van der Waals surface area contributed by atoms with Crippen LogP contribution < -0.4 is 5.43 Å². The summed E-state index contributed by atoms with van der Waals surface area (Å²) in [4.78, 5) is 18.1. The zero-order valence-corrected chi connectivity index (χ0v) is 15.6. The fourth-order valence-corrected chi connectivity index (χ4v) is 4.10. The Morgan fingerprint density at radius 3 is 2.31 bits per heavy atom. The Kier molecular flexibility index (Phi) is 4.31. The number of rotatable bonds is 3. The van der Waals surface area contributed by atoms with E-state index in [1.54, 1.807) is 11.3 Å². The minimum absolute atomic E-state index is 0.0720. The molecule has 1 N–H and O–H groups in total. The second-order valence-electron chi connectivity index (χ2n) is 6.47. The number of nitrogens with one attached hydrogen (secondary N) is 1. The molecule has 0 aliphatic rings. The van der Waals surface area contributed by atoms with Crippen LogP contribution in [0, 0.1) is 0 Å². The Morgan fingerprint density at radius 1 is 0.885 bits per heavy atom. The minimum Gasteiger partial charge on any atom is -0.353 e. The number of aromatic amines is 1. The highest BCUT2D eigenvalue weighted by Crippen LogP contribution is 2.34. The predicted octanol–water partition coefficient (Wildman–Crippen LogP) is 6.10. The first-order chi connectivity index (χ1) is 12.7. The zero-order valence-electron chi connectivity index (χ0n) is 14.7. The molecule has 0 saturated carbocycles. The Balaban J connectivity index is 2.14. The fourth-order valence-electron chi connectivity index (χ4n) is 3.37. The highest BCUT2D eigenvalue weighted by molar-refractivity contribution is 7.13. The van der Waals surface area contributed by atoms with Gasteiger partial charge in [-0.2, -0.15) is 0 Å². The lowest BCUT2D eigenvalue weighted by Gasteiger charge is -2.16. The molecular formula is C23H19NOS. The van der Waals surface area contributed by atoms with Crippen LogP contribution in [0.25, 0.3) is 27.0 Å². The number of thiophene rings is 1. The van der Waals surface area contributed by atoms with Gasteiger partial charge in [-0.05, 0) is 48.6 Å². The number of hydrogen-bond donors (Lipinski definition) is 1. The lowest BCUT2D eigenvalue weighted by atomic mass is 9.91. The summed E-state index contributed by atoms with van der Waals surface area (Å²) in [5.41, 5.74) is 5.76. The Morgan fingerprint density at radius 2 is 1.62 bits per heavy atom. The lowest BCUT2D eigenvalue weighted by molar-refractivity contribution is 1.32. The van der Waals surface area contributed by atoms with Crippen molar-refractivity contribution < 1.29 is 0 Å². The van der Waals surface area contributed by atoms with Crippen molar-refractivity contribution in [1.82, 2.24) is 4.98 Å². The molecule has 0 saturated heterocycles. The molecule has 0 bridgehead atoms. The normalized spacial score (nSPS) is 10.8. The van der Waals surface area contributed by atoms with E-state index < -0.39 is 0 Å². The van der Waals surface area contributed by atoms with E-state index in [9.17, 15) is 4.79 Å². The molecule has 0 unspecified atom stereocenters. The molecule has 0 fully saturated rings. The average Bonchev–Trinajstić information content (AvgIpc) is 3.19. The van der Waals surface area contributed by atoms with Crippen LogP contribution in [0.2, 0.25) is 0 Å².